The van der Waals surface area contributed by atoms with Crippen molar-refractivity contribution in [1.82, 2.24) is 10.2 Å². The zero-order valence-electron chi connectivity index (χ0n) is 10.4. The van der Waals surface area contributed by atoms with Gasteiger partial charge < -0.3 is 10.2 Å². The van der Waals surface area contributed by atoms with Gasteiger partial charge >= 0.3 is 0 Å². The highest BCUT2D eigenvalue weighted by atomic mass is 79.9. The quantitative estimate of drug-likeness (QED) is 0.808. The second-order valence-electron chi connectivity index (χ2n) is 4.34. The zero-order chi connectivity index (χ0) is 12.0. The molecule has 1 aromatic carbocycles. The molecule has 1 aromatic rings. The van der Waals surface area contributed by atoms with Gasteiger partial charge in [-0.2, -0.15) is 0 Å². The van der Waals surface area contributed by atoms with Gasteiger partial charge in [0.2, 0.25) is 0 Å². The maximum Gasteiger partial charge on any atom is 0.0238 e. The van der Waals surface area contributed by atoms with Gasteiger partial charge in [-0.15, -0.1) is 0 Å². The third-order valence-corrected chi connectivity index (χ3v) is 3.10. The van der Waals surface area contributed by atoms with Gasteiger partial charge in [-0.1, -0.05) is 35.0 Å². The molecule has 2 nitrogen and oxygen atoms in total. The van der Waals surface area contributed by atoms with Crippen LogP contribution in [0.5, 0.6) is 0 Å². The first-order valence-corrected chi connectivity index (χ1v) is 6.55. The molecule has 0 saturated heterocycles. The lowest BCUT2D eigenvalue weighted by Crippen LogP contribution is -2.14. The van der Waals surface area contributed by atoms with E-state index < -0.39 is 0 Å². The molecular weight excluding hydrogens is 264 g/mol. The van der Waals surface area contributed by atoms with Crippen molar-refractivity contribution < 1.29 is 0 Å². The first-order chi connectivity index (χ1) is 7.63. The third kappa shape index (κ3) is 4.64. The predicted octanol–water partition coefficient (Wildman–Crippen LogP) is 3.01. The Bertz CT molecular complexity index is 324. The molecule has 0 aliphatic carbocycles. The molecule has 0 bridgehead atoms. The maximum absolute atomic E-state index is 3.63. The summed E-state index contributed by atoms with van der Waals surface area (Å²) in [5.41, 5.74) is 2.67. The van der Waals surface area contributed by atoms with Crippen molar-refractivity contribution in [2.24, 2.45) is 0 Å². The van der Waals surface area contributed by atoms with Gasteiger partial charge in [0.25, 0.3) is 0 Å². The first-order valence-electron chi connectivity index (χ1n) is 5.76. The smallest absolute Gasteiger partial charge is 0.0238 e. The summed E-state index contributed by atoms with van der Waals surface area (Å²) in [7, 11) is 4.17. The minimum absolute atomic E-state index is 0.953. The summed E-state index contributed by atoms with van der Waals surface area (Å²) >= 11 is 3.63. The molecule has 0 aliphatic rings. The molecule has 0 radical (unpaired) electrons. The number of hydrogen-bond donors (Lipinski definition) is 1. The minimum Gasteiger partial charge on any atom is -0.313 e. The molecule has 0 saturated carbocycles. The fourth-order valence-corrected chi connectivity index (χ4v) is 2.13. The average Bonchev–Trinajstić information content (AvgIpc) is 2.22. The largest absolute Gasteiger partial charge is 0.313 e. The normalized spacial score (nSPS) is 11.1. The molecule has 0 fully saturated rings. The molecular formula is C13H21BrN2. The summed E-state index contributed by atoms with van der Waals surface area (Å²) < 4.78 is 1.21. The van der Waals surface area contributed by atoms with E-state index in [9.17, 15) is 0 Å². The number of nitrogens with one attached hydrogen (secondary N) is 1. The molecule has 0 heterocycles. The van der Waals surface area contributed by atoms with Crippen molar-refractivity contribution >= 4 is 15.9 Å². The Hall–Kier alpha value is -0.380. The molecule has 0 unspecified atom stereocenters. The summed E-state index contributed by atoms with van der Waals surface area (Å²) in [6.07, 6.45) is 1.18. The van der Waals surface area contributed by atoms with E-state index in [0.29, 0.717) is 0 Å². The van der Waals surface area contributed by atoms with E-state index in [0.717, 1.165) is 19.6 Å². The molecule has 0 spiro atoms. The first kappa shape index (κ1) is 13.7. The summed E-state index contributed by atoms with van der Waals surface area (Å²) in [5, 5.41) is 3.41. The van der Waals surface area contributed by atoms with Crippen molar-refractivity contribution in [2.75, 3.05) is 20.6 Å². The second-order valence-corrected chi connectivity index (χ2v) is 5.19. The van der Waals surface area contributed by atoms with Crippen molar-refractivity contribution in [3.05, 3.63) is 33.8 Å². The van der Waals surface area contributed by atoms with Crippen LogP contribution in [0.4, 0.5) is 0 Å². The summed E-state index contributed by atoms with van der Waals surface area (Å²) in [4.78, 5) is 2.18. The topological polar surface area (TPSA) is 15.3 Å². The van der Waals surface area contributed by atoms with Crippen LogP contribution in [0.25, 0.3) is 0 Å². The molecule has 0 amide bonds. The number of benzene rings is 1. The second kappa shape index (κ2) is 7.05. The van der Waals surface area contributed by atoms with E-state index in [4.69, 9.17) is 0 Å². The summed E-state index contributed by atoms with van der Waals surface area (Å²) in [6, 6.07) is 6.61. The molecule has 1 N–H and O–H groups in total. The monoisotopic (exact) mass is 284 g/mol. The molecule has 90 valence electrons. The zero-order valence-corrected chi connectivity index (χ0v) is 12.0. The van der Waals surface area contributed by atoms with Gasteiger partial charge in [0.1, 0.15) is 0 Å². The molecule has 0 aromatic heterocycles. The van der Waals surface area contributed by atoms with Crippen LogP contribution in [0.1, 0.15) is 24.5 Å². The lowest BCUT2D eigenvalue weighted by atomic mass is 10.1. The van der Waals surface area contributed by atoms with Crippen LogP contribution in [-0.2, 0) is 13.1 Å². The SMILES string of the molecule is CCCNCc1ccc(CN(C)C)c(Br)c1. The number of hydrogen-bond acceptors (Lipinski definition) is 2. The summed E-state index contributed by atoms with van der Waals surface area (Å²) in [6.45, 7) is 5.19. The Labute approximate surface area is 107 Å². The lowest BCUT2D eigenvalue weighted by Gasteiger charge is -2.12. The third-order valence-electron chi connectivity index (χ3n) is 2.36. The fourth-order valence-electron chi connectivity index (χ4n) is 1.58. The van der Waals surface area contributed by atoms with E-state index in [1.165, 1.54) is 22.0 Å². The van der Waals surface area contributed by atoms with Crippen LogP contribution in [0.15, 0.2) is 22.7 Å². The van der Waals surface area contributed by atoms with E-state index in [2.05, 4.69) is 65.4 Å². The molecule has 3 heteroatoms. The standard InChI is InChI=1S/C13H21BrN2/c1-4-7-15-9-11-5-6-12(10-16(2)3)13(14)8-11/h5-6,8,15H,4,7,9-10H2,1-3H3. The van der Waals surface area contributed by atoms with E-state index >= 15 is 0 Å². The van der Waals surface area contributed by atoms with Gasteiger partial charge in [-0.25, -0.2) is 0 Å². The Morgan fingerprint density at radius 2 is 2.06 bits per heavy atom. The number of nitrogens with zero attached hydrogens (tertiary/aromatic N) is 1. The highest BCUT2D eigenvalue weighted by Crippen LogP contribution is 2.19. The Morgan fingerprint density at radius 1 is 1.31 bits per heavy atom. The Morgan fingerprint density at radius 3 is 2.62 bits per heavy atom. The molecule has 16 heavy (non-hydrogen) atoms. The summed E-state index contributed by atoms with van der Waals surface area (Å²) in [5.74, 6) is 0. The highest BCUT2D eigenvalue weighted by Gasteiger charge is 2.02. The van der Waals surface area contributed by atoms with Gasteiger partial charge in [0, 0.05) is 17.6 Å². The Balaban J connectivity index is 2.60. The van der Waals surface area contributed by atoms with Crippen LogP contribution in [0.2, 0.25) is 0 Å². The van der Waals surface area contributed by atoms with E-state index in [1.807, 2.05) is 0 Å². The van der Waals surface area contributed by atoms with Crippen molar-refractivity contribution in [1.29, 1.82) is 0 Å². The van der Waals surface area contributed by atoms with Crippen LogP contribution in [0, 0.1) is 0 Å². The fraction of sp³-hybridized carbons (Fsp3) is 0.538. The Kier molecular flexibility index (Phi) is 6.03. The van der Waals surface area contributed by atoms with Gasteiger partial charge in [-0.3, -0.25) is 0 Å². The minimum atomic E-state index is 0.953. The van der Waals surface area contributed by atoms with Gasteiger partial charge in [-0.05, 0) is 44.3 Å². The molecule has 0 atom stereocenters. The van der Waals surface area contributed by atoms with Gasteiger partial charge in [0.05, 0.1) is 0 Å². The molecule has 1 rings (SSSR count). The van der Waals surface area contributed by atoms with Crippen LogP contribution >= 0.6 is 15.9 Å². The van der Waals surface area contributed by atoms with Crippen molar-refractivity contribution in [2.45, 2.75) is 26.4 Å². The van der Waals surface area contributed by atoms with E-state index in [1.54, 1.807) is 0 Å². The predicted molar refractivity (Wildman–Crippen MR) is 73.5 cm³/mol. The van der Waals surface area contributed by atoms with Crippen molar-refractivity contribution in [3.63, 3.8) is 0 Å². The average molecular weight is 285 g/mol. The van der Waals surface area contributed by atoms with Crippen molar-refractivity contribution in [3.8, 4) is 0 Å². The number of rotatable bonds is 6. The maximum atomic E-state index is 3.63. The molecule has 0 aliphatic heterocycles. The van der Waals surface area contributed by atoms with Crippen LogP contribution < -0.4 is 5.32 Å². The number of halogens is 1. The lowest BCUT2D eigenvalue weighted by molar-refractivity contribution is 0.401. The van der Waals surface area contributed by atoms with E-state index in [-0.39, 0.29) is 0 Å². The van der Waals surface area contributed by atoms with Crippen LogP contribution in [-0.4, -0.2) is 25.5 Å². The van der Waals surface area contributed by atoms with Gasteiger partial charge in [0.15, 0.2) is 0 Å². The van der Waals surface area contributed by atoms with Crippen LogP contribution in [0.3, 0.4) is 0 Å². The highest BCUT2D eigenvalue weighted by molar-refractivity contribution is 9.10.